The quantitative estimate of drug-likeness (QED) is 0.451. The summed E-state index contributed by atoms with van der Waals surface area (Å²) in [6.45, 7) is 3.09. The van der Waals surface area contributed by atoms with Crippen molar-refractivity contribution in [2.24, 2.45) is 0 Å². The third-order valence-corrected chi connectivity index (χ3v) is 3.40. The molecule has 0 atom stereocenters. The largest absolute Gasteiger partial charge is 0.383 e. The fourth-order valence-electron chi connectivity index (χ4n) is 1.95. The van der Waals surface area contributed by atoms with Gasteiger partial charge >= 0.3 is 0 Å². The van der Waals surface area contributed by atoms with Gasteiger partial charge in [-0.15, -0.1) is 0 Å². The molecule has 144 valence electrons. The summed E-state index contributed by atoms with van der Waals surface area (Å²) in [5.74, 6) is 1.59. The molecule has 0 radical (unpaired) electrons. The standard InChI is InChI=1S/C15H30N6O4/c1-19(7-9-22-3)13-16-14(20(2)8-10-23-4)18-15(17-13)21(11-24-5)12-25-6/h7-12H2,1-6H3. The number of hydrogen-bond donors (Lipinski definition) is 0. The minimum Gasteiger partial charge on any atom is -0.383 e. The van der Waals surface area contributed by atoms with E-state index in [-0.39, 0.29) is 0 Å². The van der Waals surface area contributed by atoms with Crippen LogP contribution >= 0.6 is 0 Å². The van der Waals surface area contributed by atoms with Gasteiger partial charge in [-0.1, -0.05) is 0 Å². The van der Waals surface area contributed by atoms with Crippen LogP contribution in [0.3, 0.4) is 0 Å². The number of hydrogen-bond acceptors (Lipinski definition) is 10. The van der Waals surface area contributed by atoms with Gasteiger partial charge in [0, 0.05) is 55.6 Å². The van der Waals surface area contributed by atoms with Crippen LogP contribution in [0.15, 0.2) is 0 Å². The van der Waals surface area contributed by atoms with Crippen LogP contribution in [-0.2, 0) is 18.9 Å². The Morgan fingerprint density at radius 2 is 1.04 bits per heavy atom. The van der Waals surface area contributed by atoms with Gasteiger partial charge in [0.25, 0.3) is 0 Å². The zero-order valence-corrected chi connectivity index (χ0v) is 16.1. The van der Waals surface area contributed by atoms with E-state index in [1.165, 1.54) is 0 Å². The molecule has 25 heavy (non-hydrogen) atoms. The van der Waals surface area contributed by atoms with Crippen molar-refractivity contribution in [3.63, 3.8) is 0 Å². The Labute approximate surface area is 149 Å². The van der Waals surface area contributed by atoms with Gasteiger partial charge in [-0.3, -0.25) is 4.90 Å². The lowest BCUT2D eigenvalue weighted by molar-refractivity contribution is 0.139. The summed E-state index contributed by atoms with van der Waals surface area (Å²) in [6, 6.07) is 0. The summed E-state index contributed by atoms with van der Waals surface area (Å²) in [4.78, 5) is 19.3. The minimum atomic E-state index is 0.306. The molecule has 0 aliphatic heterocycles. The molecule has 0 saturated heterocycles. The Bertz CT molecular complexity index is 455. The lowest BCUT2D eigenvalue weighted by Crippen LogP contribution is -2.33. The van der Waals surface area contributed by atoms with E-state index in [1.807, 2.05) is 23.9 Å². The van der Waals surface area contributed by atoms with E-state index in [0.29, 0.717) is 57.6 Å². The monoisotopic (exact) mass is 358 g/mol. The average molecular weight is 358 g/mol. The average Bonchev–Trinajstić information content (AvgIpc) is 2.63. The minimum absolute atomic E-state index is 0.306. The Kier molecular flexibility index (Phi) is 10.0. The summed E-state index contributed by atoms with van der Waals surface area (Å²) in [6.07, 6.45) is 0. The zero-order chi connectivity index (χ0) is 18.7. The molecule has 0 bridgehead atoms. The lowest BCUT2D eigenvalue weighted by Gasteiger charge is -2.25. The highest BCUT2D eigenvalue weighted by Gasteiger charge is 2.17. The van der Waals surface area contributed by atoms with Crippen LogP contribution in [0, 0.1) is 0 Å². The van der Waals surface area contributed by atoms with Crippen molar-refractivity contribution in [3.8, 4) is 0 Å². The number of anilines is 3. The second-order valence-corrected chi connectivity index (χ2v) is 5.44. The van der Waals surface area contributed by atoms with E-state index >= 15 is 0 Å². The lowest BCUT2D eigenvalue weighted by atomic mass is 10.5. The number of nitrogens with zero attached hydrogens (tertiary/aromatic N) is 6. The van der Waals surface area contributed by atoms with Gasteiger partial charge in [0.2, 0.25) is 17.8 Å². The van der Waals surface area contributed by atoms with Crippen LogP contribution in [0.4, 0.5) is 17.8 Å². The maximum absolute atomic E-state index is 5.22. The van der Waals surface area contributed by atoms with E-state index in [9.17, 15) is 0 Å². The first-order chi connectivity index (χ1) is 12.1. The van der Waals surface area contributed by atoms with E-state index in [0.717, 1.165) is 0 Å². The molecule has 0 aliphatic carbocycles. The summed E-state index contributed by atoms with van der Waals surface area (Å²) >= 11 is 0. The van der Waals surface area contributed by atoms with Crippen molar-refractivity contribution in [1.82, 2.24) is 15.0 Å². The second kappa shape index (κ2) is 11.7. The van der Waals surface area contributed by atoms with Crippen LogP contribution in [0.5, 0.6) is 0 Å². The first kappa shape index (κ1) is 21.3. The third kappa shape index (κ3) is 6.94. The first-order valence-corrected chi connectivity index (χ1v) is 7.96. The zero-order valence-electron chi connectivity index (χ0n) is 16.1. The van der Waals surface area contributed by atoms with Gasteiger partial charge < -0.3 is 28.7 Å². The Hall–Kier alpha value is -1.75. The van der Waals surface area contributed by atoms with Gasteiger partial charge in [-0.05, 0) is 0 Å². The molecule has 0 N–H and O–H groups in total. The highest BCUT2D eigenvalue weighted by Crippen LogP contribution is 2.18. The van der Waals surface area contributed by atoms with Gasteiger partial charge in [-0.2, -0.15) is 15.0 Å². The molecule has 10 nitrogen and oxygen atoms in total. The second-order valence-electron chi connectivity index (χ2n) is 5.44. The van der Waals surface area contributed by atoms with Crippen molar-refractivity contribution in [2.45, 2.75) is 0 Å². The smallest absolute Gasteiger partial charge is 0.235 e. The molecule has 0 amide bonds. The molecule has 0 saturated carbocycles. The van der Waals surface area contributed by atoms with E-state index in [4.69, 9.17) is 18.9 Å². The number of rotatable bonds is 13. The molecular weight excluding hydrogens is 328 g/mol. The number of ether oxygens (including phenoxy) is 4. The van der Waals surface area contributed by atoms with Crippen LogP contribution in [0.2, 0.25) is 0 Å². The van der Waals surface area contributed by atoms with Crippen LogP contribution < -0.4 is 14.7 Å². The molecular formula is C15H30N6O4. The molecule has 1 rings (SSSR count). The molecule has 0 fully saturated rings. The molecule has 0 aliphatic rings. The van der Waals surface area contributed by atoms with Crippen LogP contribution in [-0.4, -0.2) is 97.3 Å². The highest BCUT2D eigenvalue weighted by molar-refractivity contribution is 5.45. The van der Waals surface area contributed by atoms with Gasteiger partial charge in [-0.25, -0.2) is 0 Å². The van der Waals surface area contributed by atoms with Gasteiger partial charge in [0.05, 0.1) is 13.2 Å². The molecule has 0 spiro atoms. The summed E-state index contributed by atoms with van der Waals surface area (Å²) < 4.78 is 20.7. The highest BCUT2D eigenvalue weighted by atomic mass is 16.5. The molecule has 10 heteroatoms. The van der Waals surface area contributed by atoms with Gasteiger partial charge in [0.15, 0.2) is 0 Å². The van der Waals surface area contributed by atoms with Crippen molar-refractivity contribution in [1.29, 1.82) is 0 Å². The van der Waals surface area contributed by atoms with Crippen molar-refractivity contribution < 1.29 is 18.9 Å². The molecule has 1 aromatic heterocycles. The first-order valence-electron chi connectivity index (χ1n) is 7.96. The van der Waals surface area contributed by atoms with Crippen LogP contribution in [0.25, 0.3) is 0 Å². The Morgan fingerprint density at radius 1 is 0.640 bits per heavy atom. The normalized spacial score (nSPS) is 10.8. The number of aromatic nitrogens is 3. The Morgan fingerprint density at radius 3 is 1.40 bits per heavy atom. The molecule has 0 aromatic carbocycles. The third-order valence-electron chi connectivity index (χ3n) is 3.40. The number of likely N-dealkylation sites (N-methyl/N-ethyl adjacent to an activating group) is 2. The predicted octanol–water partition coefficient (Wildman–Crippen LogP) is 0.0510. The maximum atomic E-state index is 5.22. The SMILES string of the molecule is COCCN(C)c1nc(N(C)CCOC)nc(N(COC)COC)n1. The van der Waals surface area contributed by atoms with E-state index in [2.05, 4.69) is 15.0 Å². The number of methoxy groups -OCH3 is 4. The van der Waals surface area contributed by atoms with Crippen molar-refractivity contribution in [2.75, 3.05) is 97.0 Å². The molecule has 1 aromatic rings. The topological polar surface area (TPSA) is 85.3 Å². The maximum Gasteiger partial charge on any atom is 0.235 e. The predicted molar refractivity (Wildman–Crippen MR) is 96.4 cm³/mol. The fourth-order valence-corrected chi connectivity index (χ4v) is 1.95. The Balaban J connectivity index is 3.15. The molecule has 0 unspecified atom stereocenters. The van der Waals surface area contributed by atoms with Crippen molar-refractivity contribution >= 4 is 17.8 Å². The molecule has 1 heterocycles. The van der Waals surface area contributed by atoms with Gasteiger partial charge in [0.1, 0.15) is 13.5 Å². The van der Waals surface area contributed by atoms with E-state index < -0.39 is 0 Å². The van der Waals surface area contributed by atoms with E-state index in [1.54, 1.807) is 33.3 Å². The van der Waals surface area contributed by atoms with Crippen LogP contribution in [0.1, 0.15) is 0 Å². The summed E-state index contributed by atoms with van der Waals surface area (Å²) in [5.41, 5.74) is 0. The summed E-state index contributed by atoms with van der Waals surface area (Å²) in [5, 5.41) is 0. The fraction of sp³-hybridized carbons (Fsp3) is 0.800. The summed E-state index contributed by atoms with van der Waals surface area (Å²) in [7, 11) is 10.4. The van der Waals surface area contributed by atoms with Crippen molar-refractivity contribution in [3.05, 3.63) is 0 Å².